The summed E-state index contributed by atoms with van der Waals surface area (Å²) in [6, 6.07) is 7.54. The second kappa shape index (κ2) is 6.17. The van der Waals surface area contributed by atoms with E-state index in [4.69, 9.17) is 0 Å². The SMILES string of the molecule is CNCc1cc(C)ccc1N(C)C1CCC(C)(C)CC1. The molecular formula is C18H30N2. The highest BCUT2D eigenvalue weighted by Crippen LogP contribution is 2.38. The van der Waals surface area contributed by atoms with Gasteiger partial charge in [0.1, 0.15) is 0 Å². The van der Waals surface area contributed by atoms with Crippen molar-refractivity contribution in [1.82, 2.24) is 5.32 Å². The van der Waals surface area contributed by atoms with E-state index >= 15 is 0 Å². The Kier molecular flexibility index (Phi) is 4.74. The third-order valence-electron chi connectivity index (χ3n) is 4.84. The summed E-state index contributed by atoms with van der Waals surface area (Å²) >= 11 is 0. The van der Waals surface area contributed by atoms with Gasteiger partial charge in [-0.15, -0.1) is 0 Å². The van der Waals surface area contributed by atoms with Crippen molar-refractivity contribution >= 4 is 5.69 Å². The Hall–Kier alpha value is -1.02. The van der Waals surface area contributed by atoms with Gasteiger partial charge in [-0.05, 0) is 56.7 Å². The molecule has 0 aliphatic heterocycles. The van der Waals surface area contributed by atoms with Crippen LogP contribution in [0.3, 0.4) is 0 Å². The van der Waals surface area contributed by atoms with Gasteiger partial charge in [-0.25, -0.2) is 0 Å². The first kappa shape index (κ1) is 15.4. The molecule has 1 saturated carbocycles. The van der Waals surface area contributed by atoms with Crippen LogP contribution in [0.5, 0.6) is 0 Å². The highest BCUT2D eigenvalue weighted by Gasteiger charge is 2.29. The van der Waals surface area contributed by atoms with Crippen molar-refractivity contribution < 1.29 is 0 Å². The van der Waals surface area contributed by atoms with Gasteiger partial charge in [0.2, 0.25) is 0 Å². The molecule has 0 radical (unpaired) electrons. The highest BCUT2D eigenvalue weighted by molar-refractivity contribution is 5.55. The van der Waals surface area contributed by atoms with Gasteiger partial charge >= 0.3 is 0 Å². The molecular weight excluding hydrogens is 244 g/mol. The minimum absolute atomic E-state index is 0.540. The van der Waals surface area contributed by atoms with Crippen LogP contribution in [0.25, 0.3) is 0 Å². The summed E-state index contributed by atoms with van der Waals surface area (Å²) in [6.07, 6.45) is 5.32. The van der Waals surface area contributed by atoms with Crippen LogP contribution in [0.2, 0.25) is 0 Å². The van der Waals surface area contributed by atoms with E-state index in [1.165, 1.54) is 42.5 Å². The quantitative estimate of drug-likeness (QED) is 0.888. The number of benzene rings is 1. The first-order valence-corrected chi connectivity index (χ1v) is 7.90. The van der Waals surface area contributed by atoms with Crippen LogP contribution in [0.15, 0.2) is 18.2 Å². The third-order valence-corrected chi connectivity index (χ3v) is 4.84. The number of nitrogens with one attached hydrogen (secondary N) is 1. The van der Waals surface area contributed by atoms with E-state index in [2.05, 4.69) is 56.2 Å². The minimum Gasteiger partial charge on any atom is -0.371 e. The van der Waals surface area contributed by atoms with Crippen molar-refractivity contribution in [1.29, 1.82) is 0 Å². The van der Waals surface area contributed by atoms with Gasteiger partial charge in [0, 0.05) is 25.3 Å². The molecule has 1 N–H and O–H groups in total. The van der Waals surface area contributed by atoms with E-state index in [9.17, 15) is 0 Å². The topological polar surface area (TPSA) is 15.3 Å². The molecule has 1 aromatic rings. The van der Waals surface area contributed by atoms with Gasteiger partial charge in [-0.2, -0.15) is 0 Å². The standard InChI is InChI=1S/C18H30N2/c1-14-6-7-17(15(12-14)13-19-4)20(5)16-8-10-18(2,3)11-9-16/h6-7,12,16,19H,8-11,13H2,1-5H3. The number of nitrogens with zero attached hydrogens (tertiary/aromatic N) is 1. The fourth-order valence-electron chi connectivity index (χ4n) is 3.36. The van der Waals surface area contributed by atoms with Crippen LogP contribution >= 0.6 is 0 Å². The maximum atomic E-state index is 3.30. The fraction of sp³-hybridized carbons (Fsp3) is 0.667. The number of aryl methyl sites for hydroxylation is 1. The average molecular weight is 274 g/mol. The Bertz CT molecular complexity index is 441. The van der Waals surface area contributed by atoms with Crippen LogP contribution in [-0.2, 0) is 6.54 Å². The molecule has 0 amide bonds. The van der Waals surface area contributed by atoms with Gasteiger partial charge < -0.3 is 10.2 Å². The van der Waals surface area contributed by atoms with Crippen LogP contribution in [-0.4, -0.2) is 20.1 Å². The van der Waals surface area contributed by atoms with Crippen LogP contribution in [0, 0.1) is 12.3 Å². The Morgan fingerprint density at radius 3 is 2.50 bits per heavy atom. The zero-order valence-electron chi connectivity index (χ0n) is 13.8. The van der Waals surface area contributed by atoms with Gasteiger partial charge in [-0.1, -0.05) is 31.5 Å². The molecule has 0 heterocycles. The Morgan fingerprint density at radius 2 is 1.90 bits per heavy atom. The van der Waals surface area contributed by atoms with Crippen LogP contribution in [0.1, 0.15) is 50.7 Å². The van der Waals surface area contributed by atoms with E-state index in [0.29, 0.717) is 11.5 Å². The normalized spacial score (nSPS) is 19.1. The first-order valence-electron chi connectivity index (χ1n) is 7.90. The highest BCUT2D eigenvalue weighted by atomic mass is 15.1. The predicted octanol–water partition coefficient (Wildman–Crippen LogP) is 4.12. The maximum absolute atomic E-state index is 3.30. The Morgan fingerprint density at radius 1 is 1.25 bits per heavy atom. The van der Waals surface area contributed by atoms with E-state index < -0.39 is 0 Å². The molecule has 0 atom stereocenters. The van der Waals surface area contributed by atoms with Crippen molar-refractivity contribution in [2.45, 2.75) is 59.0 Å². The summed E-state index contributed by atoms with van der Waals surface area (Å²) in [6.45, 7) is 7.93. The van der Waals surface area contributed by atoms with E-state index in [-0.39, 0.29) is 0 Å². The molecule has 0 unspecified atom stereocenters. The summed E-state index contributed by atoms with van der Waals surface area (Å²) in [5, 5.41) is 3.30. The van der Waals surface area contributed by atoms with Gasteiger partial charge in [-0.3, -0.25) is 0 Å². The largest absolute Gasteiger partial charge is 0.371 e. The Balaban J connectivity index is 2.14. The Labute approximate surface area is 124 Å². The lowest BCUT2D eigenvalue weighted by atomic mass is 9.75. The lowest BCUT2D eigenvalue weighted by Crippen LogP contribution is -2.37. The third kappa shape index (κ3) is 3.54. The summed E-state index contributed by atoms with van der Waals surface area (Å²) < 4.78 is 0. The summed E-state index contributed by atoms with van der Waals surface area (Å²) in [7, 11) is 4.29. The monoisotopic (exact) mass is 274 g/mol. The molecule has 2 rings (SSSR count). The molecule has 1 aromatic carbocycles. The number of anilines is 1. The van der Waals surface area contributed by atoms with Crippen molar-refractivity contribution in [3.63, 3.8) is 0 Å². The number of hydrogen-bond donors (Lipinski definition) is 1. The van der Waals surface area contributed by atoms with E-state index in [0.717, 1.165) is 6.54 Å². The van der Waals surface area contributed by atoms with Gasteiger partial charge in [0.05, 0.1) is 0 Å². The predicted molar refractivity (Wildman–Crippen MR) is 88.4 cm³/mol. The van der Waals surface area contributed by atoms with E-state index in [1.54, 1.807) is 0 Å². The fourth-order valence-corrected chi connectivity index (χ4v) is 3.36. The molecule has 0 spiro atoms. The first-order chi connectivity index (χ1) is 9.43. The van der Waals surface area contributed by atoms with Crippen molar-refractivity contribution in [2.75, 3.05) is 19.0 Å². The smallest absolute Gasteiger partial charge is 0.0411 e. The zero-order valence-corrected chi connectivity index (χ0v) is 13.8. The number of hydrogen-bond acceptors (Lipinski definition) is 2. The second-order valence-corrected chi connectivity index (χ2v) is 7.17. The summed E-state index contributed by atoms with van der Waals surface area (Å²) in [5.74, 6) is 0. The molecule has 2 heteroatoms. The summed E-state index contributed by atoms with van der Waals surface area (Å²) in [4.78, 5) is 2.52. The number of rotatable bonds is 4. The van der Waals surface area contributed by atoms with Crippen LogP contribution < -0.4 is 10.2 Å². The van der Waals surface area contributed by atoms with Crippen molar-refractivity contribution in [3.05, 3.63) is 29.3 Å². The van der Waals surface area contributed by atoms with Gasteiger partial charge in [0.25, 0.3) is 0 Å². The maximum Gasteiger partial charge on any atom is 0.0411 e. The van der Waals surface area contributed by atoms with E-state index in [1.807, 2.05) is 7.05 Å². The zero-order chi connectivity index (χ0) is 14.8. The van der Waals surface area contributed by atoms with Crippen molar-refractivity contribution in [3.8, 4) is 0 Å². The average Bonchev–Trinajstić information content (AvgIpc) is 2.38. The molecule has 1 aliphatic rings. The summed E-state index contributed by atoms with van der Waals surface area (Å²) in [5.41, 5.74) is 4.70. The molecule has 1 aliphatic carbocycles. The second-order valence-electron chi connectivity index (χ2n) is 7.17. The molecule has 2 nitrogen and oxygen atoms in total. The molecule has 0 bridgehead atoms. The van der Waals surface area contributed by atoms with Gasteiger partial charge in [0.15, 0.2) is 0 Å². The molecule has 0 aromatic heterocycles. The molecule has 20 heavy (non-hydrogen) atoms. The van der Waals surface area contributed by atoms with Crippen LogP contribution in [0.4, 0.5) is 5.69 Å². The lowest BCUT2D eigenvalue weighted by molar-refractivity contribution is 0.222. The molecule has 1 fully saturated rings. The minimum atomic E-state index is 0.540. The molecule has 112 valence electrons. The molecule has 0 saturated heterocycles. The van der Waals surface area contributed by atoms with Crippen molar-refractivity contribution in [2.24, 2.45) is 5.41 Å². The lowest BCUT2D eigenvalue weighted by Gasteiger charge is -2.40.